The molecule has 1 saturated heterocycles. The Balaban J connectivity index is 1.32. The zero-order valence-corrected chi connectivity index (χ0v) is 19.3. The number of aryl methyl sites for hydroxylation is 1. The topological polar surface area (TPSA) is 127 Å². The van der Waals surface area contributed by atoms with E-state index in [2.05, 4.69) is 15.0 Å². The molecule has 3 N–H and O–H groups in total. The van der Waals surface area contributed by atoms with Crippen LogP contribution in [0.4, 0.5) is 0 Å². The van der Waals surface area contributed by atoms with Crippen molar-refractivity contribution in [2.45, 2.75) is 80.2 Å². The number of nitrogens with zero attached hydrogens (tertiary/aromatic N) is 3. The molecule has 2 aromatic rings. The zero-order valence-electron chi connectivity index (χ0n) is 17.7. The van der Waals surface area contributed by atoms with Gasteiger partial charge in [0.25, 0.3) is 0 Å². The molecular formula is C21H29ClN4O5S. The van der Waals surface area contributed by atoms with Gasteiger partial charge in [0.05, 0.1) is 35.9 Å². The highest BCUT2D eigenvalue weighted by Crippen LogP contribution is 2.37. The molecule has 0 amide bonds. The Morgan fingerprint density at radius 2 is 1.94 bits per heavy atom. The minimum Gasteiger partial charge on any atom is -0.394 e. The maximum absolute atomic E-state index is 12.7. The Kier molecular flexibility index (Phi) is 7.18. The zero-order chi connectivity index (χ0) is 22.8. The van der Waals surface area contributed by atoms with E-state index in [9.17, 15) is 18.6 Å². The van der Waals surface area contributed by atoms with Gasteiger partial charge in [0, 0.05) is 11.6 Å². The second-order valence-electron chi connectivity index (χ2n) is 8.63. The first-order valence-electron chi connectivity index (χ1n) is 11.0. The van der Waals surface area contributed by atoms with Gasteiger partial charge in [-0.25, -0.2) is 13.1 Å². The number of ether oxygens (including phenoxy) is 1. The van der Waals surface area contributed by atoms with Crippen LogP contribution in [0.25, 0.3) is 0 Å². The number of aliphatic hydroxyl groups excluding tert-OH is 1. The minimum atomic E-state index is -3.75. The van der Waals surface area contributed by atoms with E-state index in [0.29, 0.717) is 49.4 Å². The lowest BCUT2D eigenvalue weighted by Gasteiger charge is -2.36. The Morgan fingerprint density at radius 1 is 1.22 bits per heavy atom. The molecule has 9 nitrogen and oxygen atoms in total. The highest BCUT2D eigenvalue weighted by molar-refractivity contribution is 7.89. The van der Waals surface area contributed by atoms with E-state index < -0.39 is 27.8 Å². The van der Waals surface area contributed by atoms with Gasteiger partial charge >= 0.3 is 0 Å². The first kappa shape index (κ1) is 23.6. The van der Waals surface area contributed by atoms with Gasteiger partial charge in [-0.05, 0) is 56.4 Å². The molecule has 32 heavy (non-hydrogen) atoms. The predicted octanol–water partition coefficient (Wildman–Crippen LogP) is 1.97. The summed E-state index contributed by atoms with van der Waals surface area (Å²) >= 11 is 5.84. The van der Waals surface area contributed by atoms with Crippen molar-refractivity contribution >= 4 is 21.6 Å². The van der Waals surface area contributed by atoms with Crippen molar-refractivity contribution in [1.82, 2.24) is 19.7 Å². The van der Waals surface area contributed by atoms with E-state index in [0.717, 1.165) is 12.8 Å². The van der Waals surface area contributed by atoms with Crippen molar-refractivity contribution < 1.29 is 23.4 Å². The quantitative estimate of drug-likeness (QED) is 0.522. The molecule has 1 aliphatic carbocycles. The van der Waals surface area contributed by atoms with Crippen LogP contribution >= 0.6 is 11.6 Å². The minimum absolute atomic E-state index is 0.117. The van der Waals surface area contributed by atoms with Gasteiger partial charge in [-0.1, -0.05) is 29.7 Å². The largest absolute Gasteiger partial charge is 0.394 e. The van der Waals surface area contributed by atoms with Gasteiger partial charge in [0.15, 0.2) is 0 Å². The maximum atomic E-state index is 12.7. The van der Waals surface area contributed by atoms with E-state index >= 15 is 0 Å². The summed E-state index contributed by atoms with van der Waals surface area (Å²) in [6.45, 7) is 0.276. The molecule has 2 aliphatic rings. The van der Waals surface area contributed by atoms with E-state index in [1.54, 1.807) is 10.9 Å². The highest BCUT2D eigenvalue weighted by atomic mass is 35.5. The summed E-state index contributed by atoms with van der Waals surface area (Å²) in [5.41, 5.74) is -0.250. The third kappa shape index (κ3) is 5.32. The fourth-order valence-electron chi connectivity index (χ4n) is 4.47. The second-order valence-corrected chi connectivity index (χ2v) is 10.8. The van der Waals surface area contributed by atoms with Crippen LogP contribution in [-0.2, 0) is 26.9 Å². The monoisotopic (exact) mass is 484 g/mol. The summed E-state index contributed by atoms with van der Waals surface area (Å²) in [5, 5.41) is 29.2. The Labute approximate surface area is 192 Å². The van der Waals surface area contributed by atoms with Gasteiger partial charge in [0.1, 0.15) is 11.3 Å². The molecule has 2 heterocycles. The summed E-state index contributed by atoms with van der Waals surface area (Å²) < 4.78 is 35.7. The SMILES string of the molecule is O=S(=O)(N[C@@H]1CC[C@@H](CCn2cc(C3(O)CCCC3)nn2)O[C@H]1CO)c1ccc(Cl)cc1. The van der Waals surface area contributed by atoms with Gasteiger partial charge < -0.3 is 14.9 Å². The number of nitrogens with one attached hydrogen (secondary N) is 1. The van der Waals surface area contributed by atoms with Gasteiger partial charge in [-0.3, -0.25) is 4.68 Å². The van der Waals surface area contributed by atoms with Crippen LogP contribution in [-0.4, -0.2) is 58.5 Å². The van der Waals surface area contributed by atoms with Crippen molar-refractivity contribution in [2.24, 2.45) is 0 Å². The molecule has 2 fully saturated rings. The summed E-state index contributed by atoms with van der Waals surface area (Å²) in [6.07, 6.45) is 6.27. The summed E-state index contributed by atoms with van der Waals surface area (Å²) in [6, 6.07) is 5.41. The van der Waals surface area contributed by atoms with Crippen LogP contribution in [0, 0.1) is 0 Å². The van der Waals surface area contributed by atoms with Gasteiger partial charge in [0.2, 0.25) is 10.0 Å². The fraction of sp³-hybridized carbons (Fsp3) is 0.619. The summed E-state index contributed by atoms with van der Waals surface area (Å²) in [5.74, 6) is 0. The van der Waals surface area contributed by atoms with Crippen molar-refractivity contribution in [3.05, 3.63) is 41.2 Å². The molecule has 4 rings (SSSR count). The lowest BCUT2D eigenvalue weighted by molar-refractivity contribution is -0.0891. The first-order chi connectivity index (χ1) is 15.3. The number of benzene rings is 1. The molecule has 3 atom stereocenters. The van der Waals surface area contributed by atoms with Crippen LogP contribution in [0.3, 0.4) is 0 Å². The van der Waals surface area contributed by atoms with Crippen molar-refractivity contribution in [3.8, 4) is 0 Å². The molecule has 0 bridgehead atoms. The highest BCUT2D eigenvalue weighted by Gasteiger charge is 2.36. The number of halogens is 1. The Bertz CT molecular complexity index is 1010. The van der Waals surface area contributed by atoms with E-state index in [1.165, 1.54) is 24.3 Å². The van der Waals surface area contributed by atoms with Crippen molar-refractivity contribution in [3.63, 3.8) is 0 Å². The normalized spacial score (nSPS) is 25.8. The summed E-state index contributed by atoms with van der Waals surface area (Å²) in [7, 11) is -3.75. The van der Waals surface area contributed by atoms with Crippen LogP contribution in [0.15, 0.2) is 35.4 Å². The second kappa shape index (κ2) is 9.74. The van der Waals surface area contributed by atoms with Crippen LogP contribution in [0.1, 0.15) is 50.6 Å². The van der Waals surface area contributed by atoms with E-state index in [4.69, 9.17) is 16.3 Å². The average Bonchev–Trinajstić information content (AvgIpc) is 3.43. The molecule has 11 heteroatoms. The number of aliphatic hydroxyl groups is 2. The Morgan fingerprint density at radius 3 is 2.62 bits per heavy atom. The van der Waals surface area contributed by atoms with Crippen LogP contribution < -0.4 is 4.72 Å². The van der Waals surface area contributed by atoms with E-state index in [1.807, 2.05) is 0 Å². The first-order valence-corrected chi connectivity index (χ1v) is 12.8. The molecule has 0 radical (unpaired) electrons. The number of sulfonamides is 1. The van der Waals surface area contributed by atoms with Gasteiger partial charge in [-0.15, -0.1) is 5.10 Å². The molecule has 1 aromatic heterocycles. The molecule has 1 saturated carbocycles. The third-order valence-electron chi connectivity index (χ3n) is 6.35. The van der Waals surface area contributed by atoms with Crippen LogP contribution in [0.2, 0.25) is 5.02 Å². The molecule has 0 unspecified atom stereocenters. The molecule has 1 aromatic carbocycles. The number of hydrogen-bond acceptors (Lipinski definition) is 7. The standard InChI is InChI=1S/C21H29ClN4O5S/c22-15-3-6-17(7-4-15)32(29,30)24-18-8-5-16(31-19(18)14-27)9-12-26-13-20(23-25-26)21(28)10-1-2-11-21/h3-4,6-7,13,16,18-19,24,27-28H,1-2,5,8-12,14H2/t16-,18+,19-/m0/s1. The van der Waals surface area contributed by atoms with Gasteiger partial charge in [-0.2, -0.15) is 0 Å². The van der Waals surface area contributed by atoms with Crippen molar-refractivity contribution in [2.75, 3.05) is 6.61 Å². The van der Waals surface area contributed by atoms with Crippen molar-refractivity contribution in [1.29, 1.82) is 0 Å². The summed E-state index contributed by atoms with van der Waals surface area (Å²) in [4.78, 5) is 0.117. The smallest absolute Gasteiger partial charge is 0.240 e. The molecule has 176 valence electrons. The molecule has 1 aliphatic heterocycles. The van der Waals surface area contributed by atoms with E-state index in [-0.39, 0.29) is 17.6 Å². The number of hydrogen-bond donors (Lipinski definition) is 3. The number of aromatic nitrogens is 3. The fourth-order valence-corrected chi connectivity index (χ4v) is 5.90. The van der Waals surface area contributed by atoms with Crippen LogP contribution in [0.5, 0.6) is 0 Å². The molecular weight excluding hydrogens is 456 g/mol. The lowest BCUT2D eigenvalue weighted by Crippen LogP contribution is -2.50. The average molecular weight is 485 g/mol. The maximum Gasteiger partial charge on any atom is 0.240 e. The Hall–Kier alpha value is -1.56. The third-order valence-corrected chi connectivity index (χ3v) is 8.11. The predicted molar refractivity (Wildman–Crippen MR) is 118 cm³/mol. The molecule has 0 spiro atoms. The number of rotatable bonds is 8. The lowest BCUT2D eigenvalue weighted by atomic mass is 9.98.